The lowest BCUT2D eigenvalue weighted by Gasteiger charge is -2.31. The monoisotopic (exact) mass is 469 g/mol. The molecule has 0 heterocycles. The molecule has 1 atom stereocenters. The van der Waals surface area contributed by atoms with E-state index in [9.17, 15) is 0 Å². The third-order valence-electron chi connectivity index (χ3n) is 6.31. The van der Waals surface area contributed by atoms with Crippen molar-refractivity contribution in [3.63, 3.8) is 0 Å². The molecule has 35 heavy (non-hydrogen) atoms. The molecular formula is C34H47N. The molecule has 0 saturated heterocycles. The van der Waals surface area contributed by atoms with Gasteiger partial charge in [0.25, 0.3) is 0 Å². The number of hydrogen-bond acceptors (Lipinski definition) is 1. The summed E-state index contributed by atoms with van der Waals surface area (Å²) in [5.74, 6) is 0.445. The Kier molecular flexibility index (Phi) is 11.3. The summed E-state index contributed by atoms with van der Waals surface area (Å²) in [6.07, 6.45) is 12.6. The topological polar surface area (TPSA) is 12.0 Å². The van der Waals surface area contributed by atoms with Crippen LogP contribution >= 0.6 is 0 Å². The minimum atomic E-state index is 0.209. The van der Waals surface area contributed by atoms with Crippen molar-refractivity contribution in [3.8, 4) is 0 Å². The van der Waals surface area contributed by atoms with Crippen LogP contribution in [0.1, 0.15) is 84.4 Å². The summed E-state index contributed by atoms with van der Waals surface area (Å²) in [6.45, 7) is 33.3. The largest absolute Gasteiger partial charge is 0.362 e. The van der Waals surface area contributed by atoms with Crippen LogP contribution in [-0.4, -0.2) is 0 Å². The van der Waals surface area contributed by atoms with Gasteiger partial charge in [-0.25, -0.2) is 0 Å². The van der Waals surface area contributed by atoms with Gasteiger partial charge >= 0.3 is 0 Å². The summed E-state index contributed by atoms with van der Waals surface area (Å²) < 4.78 is 0. The van der Waals surface area contributed by atoms with Gasteiger partial charge in [-0.2, -0.15) is 0 Å². The van der Waals surface area contributed by atoms with Crippen LogP contribution in [-0.2, 0) is 0 Å². The lowest BCUT2D eigenvalue weighted by molar-refractivity contribution is 0.341. The summed E-state index contributed by atoms with van der Waals surface area (Å²) in [5, 5.41) is 5.71. The van der Waals surface area contributed by atoms with Gasteiger partial charge in [0, 0.05) is 5.70 Å². The maximum atomic E-state index is 4.02. The Labute approximate surface area is 215 Å². The van der Waals surface area contributed by atoms with Crippen molar-refractivity contribution in [1.82, 2.24) is 5.32 Å². The van der Waals surface area contributed by atoms with E-state index in [0.29, 0.717) is 11.3 Å². The molecule has 0 radical (unpaired) electrons. The first kappa shape index (κ1) is 30.0. The highest BCUT2D eigenvalue weighted by Crippen LogP contribution is 2.41. The van der Waals surface area contributed by atoms with Crippen molar-refractivity contribution >= 4 is 22.9 Å². The number of hydrogen-bond donors (Lipinski definition) is 1. The molecule has 2 aromatic carbocycles. The van der Waals surface area contributed by atoms with E-state index in [4.69, 9.17) is 0 Å². The van der Waals surface area contributed by atoms with Crippen LogP contribution in [0.5, 0.6) is 0 Å². The van der Waals surface area contributed by atoms with Gasteiger partial charge in [-0.15, -0.1) is 0 Å². The molecule has 0 amide bonds. The molecule has 188 valence electrons. The molecular weight excluding hydrogens is 422 g/mol. The molecule has 2 rings (SSSR count). The molecule has 0 aliphatic carbocycles. The van der Waals surface area contributed by atoms with Crippen molar-refractivity contribution < 1.29 is 0 Å². The Bertz CT molecular complexity index is 1090. The Morgan fingerprint density at radius 3 is 2.09 bits per heavy atom. The summed E-state index contributed by atoms with van der Waals surface area (Å²) in [7, 11) is 0. The molecule has 0 aliphatic rings. The zero-order valence-corrected chi connectivity index (χ0v) is 23.5. The third kappa shape index (κ3) is 8.91. The average Bonchev–Trinajstić information content (AvgIpc) is 2.79. The number of benzene rings is 2. The first-order valence-corrected chi connectivity index (χ1v) is 12.5. The molecule has 0 saturated carbocycles. The highest BCUT2D eigenvalue weighted by atomic mass is 14.8. The fraction of sp³-hybridized carbons (Fsp3) is 0.353. The van der Waals surface area contributed by atoms with Gasteiger partial charge in [-0.1, -0.05) is 123 Å². The Balaban J connectivity index is 0.000000367. The van der Waals surface area contributed by atoms with E-state index < -0.39 is 0 Å². The highest BCUT2D eigenvalue weighted by Gasteiger charge is 2.26. The van der Waals surface area contributed by atoms with Crippen LogP contribution < -0.4 is 5.32 Å². The van der Waals surface area contributed by atoms with E-state index in [2.05, 4.69) is 123 Å². The van der Waals surface area contributed by atoms with E-state index in [1.165, 1.54) is 33.0 Å². The molecule has 0 spiro atoms. The second kappa shape index (κ2) is 13.1. The van der Waals surface area contributed by atoms with Crippen molar-refractivity contribution in [1.29, 1.82) is 0 Å². The van der Waals surface area contributed by atoms with Gasteiger partial charge in [-0.05, 0) is 81.5 Å². The summed E-state index contributed by atoms with van der Waals surface area (Å²) in [6, 6.07) is 10.8. The molecule has 2 aromatic rings. The minimum Gasteiger partial charge on any atom is -0.362 e. The van der Waals surface area contributed by atoms with Gasteiger partial charge in [-0.3, -0.25) is 0 Å². The first-order valence-electron chi connectivity index (χ1n) is 12.5. The zero-order chi connectivity index (χ0) is 26.8. The Morgan fingerprint density at radius 2 is 1.60 bits per heavy atom. The lowest BCUT2D eigenvalue weighted by Crippen LogP contribution is -2.17. The van der Waals surface area contributed by atoms with Gasteiger partial charge in [0.2, 0.25) is 0 Å². The summed E-state index contributed by atoms with van der Waals surface area (Å²) >= 11 is 0. The van der Waals surface area contributed by atoms with Crippen LogP contribution in [0.15, 0.2) is 92.3 Å². The standard InChI is InChI=1S/C20H24.C14H23N/c1-7-15-13-16-11-9-10-12-18(16)19(17(15)8-2)14(3)20(4,5)6;1-7-9-13(15-8-2)12(3)10-11-14(4,5)6/h7-14H,1-2H2,3-6H3;7-10,15H,1-2,11H2,3-6H3/b;12-10-,13-9+. The summed E-state index contributed by atoms with van der Waals surface area (Å²) in [5.41, 5.74) is 6.61. The van der Waals surface area contributed by atoms with Gasteiger partial charge in [0.05, 0.1) is 0 Å². The predicted octanol–water partition coefficient (Wildman–Crippen LogP) is 10.4. The second-order valence-electron chi connectivity index (χ2n) is 11.3. The fourth-order valence-electron chi connectivity index (χ4n) is 3.80. The van der Waals surface area contributed by atoms with Crippen molar-refractivity contribution in [2.45, 2.75) is 67.7 Å². The first-order chi connectivity index (χ1) is 16.3. The maximum Gasteiger partial charge on any atom is 0.0405 e. The Morgan fingerprint density at radius 1 is 0.971 bits per heavy atom. The minimum absolute atomic E-state index is 0.209. The van der Waals surface area contributed by atoms with Gasteiger partial charge in [0.15, 0.2) is 0 Å². The van der Waals surface area contributed by atoms with Gasteiger partial charge < -0.3 is 5.32 Å². The zero-order valence-electron chi connectivity index (χ0n) is 23.5. The summed E-state index contributed by atoms with van der Waals surface area (Å²) in [4.78, 5) is 0. The smallest absolute Gasteiger partial charge is 0.0405 e. The Hall–Kier alpha value is -3.06. The van der Waals surface area contributed by atoms with E-state index >= 15 is 0 Å². The molecule has 0 bridgehead atoms. The van der Waals surface area contributed by atoms with Crippen LogP contribution in [0.3, 0.4) is 0 Å². The molecule has 1 unspecified atom stereocenters. The lowest BCUT2D eigenvalue weighted by atomic mass is 9.74. The molecule has 0 aromatic heterocycles. The molecule has 1 N–H and O–H groups in total. The van der Waals surface area contributed by atoms with E-state index in [-0.39, 0.29) is 5.41 Å². The maximum absolute atomic E-state index is 4.02. The van der Waals surface area contributed by atoms with Gasteiger partial charge in [0.1, 0.15) is 0 Å². The molecule has 1 nitrogen and oxygen atoms in total. The fourth-order valence-corrected chi connectivity index (χ4v) is 3.80. The number of fused-ring (bicyclic) bond motifs is 1. The number of allylic oxidation sites excluding steroid dienone is 4. The van der Waals surface area contributed by atoms with Crippen LogP contribution in [0.2, 0.25) is 0 Å². The highest BCUT2D eigenvalue weighted by molar-refractivity contribution is 5.92. The predicted molar refractivity (Wildman–Crippen MR) is 161 cm³/mol. The molecule has 0 aliphatic heterocycles. The van der Waals surface area contributed by atoms with Crippen LogP contribution in [0, 0.1) is 10.8 Å². The second-order valence-corrected chi connectivity index (χ2v) is 11.3. The van der Waals surface area contributed by atoms with Crippen LogP contribution in [0.25, 0.3) is 22.9 Å². The average molecular weight is 470 g/mol. The van der Waals surface area contributed by atoms with Crippen molar-refractivity contribution in [2.75, 3.05) is 0 Å². The van der Waals surface area contributed by atoms with E-state index in [0.717, 1.165) is 12.1 Å². The van der Waals surface area contributed by atoms with Crippen molar-refractivity contribution in [2.24, 2.45) is 10.8 Å². The van der Waals surface area contributed by atoms with Crippen molar-refractivity contribution in [3.05, 3.63) is 109 Å². The third-order valence-corrected chi connectivity index (χ3v) is 6.31. The normalized spacial score (nSPS) is 13.4. The molecule has 1 heteroatoms. The van der Waals surface area contributed by atoms with E-state index in [1.807, 2.05) is 18.2 Å². The number of nitrogens with one attached hydrogen (secondary N) is 1. The van der Waals surface area contributed by atoms with E-state index in [1.54, 1.807) is 12.3 Å². The molecule has 0 fully saturated rings. The SMILES string of the molecule is C=C/C=C(NC=C)\C(C)=C/CC(C)(C)C.C=Cc1cc2ccccc2c(C(C)C(C)(C)C)c1C=C. The quantitative estimate of drug-likeness (QED) is 0.379. The van der Waals surface area contributed by atoms with Crippen LogP contribution in [0.4, 0.5) is 0 Å². The number of rotatable bonds is 8.